The number of nitrogens with zero attached hydrogens (tertiary/aromatic N) is 1. The normalized spacial score (nSPS) is 12.5. The number of hydrogen-bond donors (Lipinski definition) is 6. The van der Waals surface area contributed by atoms with Crippen LogP contribution >= 0.6 is 0 Å². The predicted octanol–water partition coefficient (Wildman–Crippen LogP) is 7.54. The van der Waals surface area contributed by atoms with E-state index in [4.69, 9.17) is 4.74 Å². The van der Waals surface area contributed by atoms with Gasteiger partial charge in [0.25, 0.3) is 5.91 Å². The standard InChI is InChI=1S/C44H41F3N4O7/c45-44(46,47)33-16-12-28(13-17-33)26-51(23-5-22-48-25-38(53)35-18-20-37(52)41-36(35)19-21-39(54)49-41)42(55)31-14-10-29(11-15-31)27-58-34-9-4-8-32(24-34)40(50-43(56)57)30-6-2-1-3-7-30/h1-4,6-21,24,38,40,48,50,52-53H,5,22-23,25-27H2,(H,49,54)(H,56,57)/t38?,40-/m0/s1. The van der Waals surface area contributed by atoms with Crippen molar-refractivity contribution in [1.29, 1.82) is 0 Å². The van der Waals surface area contributed by atoms with Gasteiger partial charge in [-0.3, -0.25) is 9.59 Å². The first-order valence-corrected chi connectivity index (χ1v) is 18.4. The van der Waals surface area contributed by atoms with Crippen molar-refractivity contribution < 1.29 is 42.8 Å². The molecule has 6 N–H and O–H groups in total. The van der Waals surface area contributed by atoms with Gasteiger partial charge in [0.05, 0.1) is 23.2 Å². The van der Waals surface area contributed by atoms with E-state index in [1.807, 2.05) is 30.3 Å². The molecule has 0 fully saturated rings. The van der Waals surface area contributed by atoms with Crippen LogP contribution in [-0.4, -0.2) is 56.8 Å². The van der Waals surface area contributed by atoms with Crippen LogP contribution in [0.2, 0.25) is 0 Å². The third-order valence-electron chi connectivity index (χ3n) is 9.53. The number of fused-ring (bicyclic) bond motifs is 1. The Bertz CT molecular complexity index is 2390. The molecule has 2 atom stereocenters. The second-order valence-electron chi connectivity index (χ2n) is 13.6. The van der Waals surface area contributed by atoms with Crippen LogP contribution in [0, 0.1) is 0 Å². The topological polar surface area (TPSA) is 164 Å². The maximum atomic E-state index is 13.9. The molecule has 5 aromatic carbocycles. The van der Waals surface area contributed by atoms with Crippen LogP contribution in [0.5, 0.6) is 11.5 Å². The number of aromatic nitrogens is 1. The average molecular weight is 795 g/mol. The Balaban J connectivity index is 1.09. The van der Waals surface area contributed by atoms with Gasteiger partial charge in [0.2, 0.25) is 5.56 Å². The van der Waals surface area contributed by atoms with E-state index in [9.17, 15) is 42.9 Å². The van der Waals surface area contributed by atoms with E-state index in [2.05, 4.69) is 15.6 Å². The summed E-state index contributed by atoms with van der Waals surface area (Å²) in [5, 5.41) is 36.8. The van der Waals surface area contributed by atoms with Crippen molar-refractivity contribution >= 4 is 22.9 Å². The van der Waals surface area contributed by atoms with Gasteiger partial charge < -0.3 is 40.6 Å². The number of aromatic amines is 1. The van der Waals surface area contributed by atoms with Gasteiger partial charge in [-0.05, 0) is 89.3 Å². The molecule has 2 amide bonds. The minimum atomic E-state index is -4.50. The van der Waals surface area contributed by atoms with Crippen LogP contribution in [-0.2, 0) is 19.3 Å². The third-order valence-corrected chi connectivity index (χ3v) is 9.53. The van der Waals surface area contributed by atoms with Crippen LogP contribution in [0.25, 0.3) is 10.9 Å². The average Bonchev–Trinajstić information content (AvgIpc) is 3.22. The van der Waals surface area contributed by atoms with E-state index >= 15 is 0 Å². The Kier molecular flexibility index (Phi) is 13.1. The van der Waals surface area contributed by atoms with Crippen LogP contribution in [0.3, 0.4) is 0 Å². The summed E-state index contributed by atoms with van der Waals surface area (Å²) in [5.74, 6) is 0.0645. The van der Waals surface area contributed by atoms with Crippen molar-refractivity contribution in [2.45, 2.75) is 37.9 Å². The summed E-state index contributed by atoms with van der Waals surface area (Å²) in [4.78, 5) is 41.3. The summed E-state index contributed by atoms with van der Waals surface area (Å²) in [7, 11) is 0. The minimum Gasteiger partial charge on any atom is -0.506 e. The zero-order chi connectivity index (χ0) is 41.2. The molecule has 6 aromatic rings. The molecule has 0 saturated heterocycles. The number of carbonyl (C=O) groups is 2. The number of hydrogen-bond acceptors (Lipinski definition) is 7. The fourth-order valence-corrected chi connectivity index (χ4v) is 6.57. The number of aliphatic hydroxyl groups excluding tert-OH is 1. The molecule has 14 heteroatoms. The van der Waals surface area contributed by atoms with E-state index in [0.717, 1.165) is 23.3 Å². The number of nitrogens with one attached hydrogen (secondary N) is 3. The quantitative estimate of drug-likeness (QED) is 0.0548. The number of rotatable bonds is 16. The zero-order valence-corrected chi connectivity index (χ0v) is 31.1. The van der Waals surface area contributed by atoms with Crippen LogP contribution in [0.4, 0.5) is 18.0 Å². The first-order valence-electron chi connectivity index (χ1n) is 18.4. The highest BCUT2D eigenvalue weighted by atomic mass is 19.4. The van der Waals surface area contributed by atoms with E-state index in [0.29, 0.717) is 46.4 Å². The molecule has 11 nitrogen and oxygen atoms in total. The lowest BCUT2D eigenvalue weighted by Crippen LogP contribution is -2.33. The molecule has 0 spiro atoms. The summed E-state index contributed by atoms with van der Waals surface area (Å²) in [6, 6.07) is 32.9. The second kappa shape index (κ2) is 18.5. The molecular weight excluding hydrogens is 753 g/mol. The number of pyridine rings is 1. The van der Waals surface area contributed by atoms with Gasteiger partial charge in [0.1, 0.15) is 18.1 Å². The number of carboxylic acid groups (broad SMARTS) is 1. The van der Waals surface area contributed by atoms with Gasteiger partial charge in [-0.15, -0.1) is 0 Å². The molecule has 1 aromatic heterocycles. The predicted molar refractivity (Wildman–Crippen MR) is 212 cm³/mol. The number of phenols is 1. The highest BCUT2D eigenvalue weighted by Gasteiger charge is 2.30. The van der Waals surface area contributed by atoms with Crippen LogP contribution in [0.15, 0.2) is 132 Å². The molecule has 6 rings (SSSR count). The Morgan fingerprint density at radius 3 is 2.24 bits per heavy atom. The Labute approximate surface area is 331 Å². The van der Waals surface area contributed by atoms with Crippen molar-refractivity contribution in [1.82, 2.24) is 20.5 Å². The SMILES string of the molecule is O=C(O)N[C@@H](c1ccccc1)c1cccc(OCc2ccc(C(=O)N(CCCNCC(O)c3ccc(O)c4[nH]c(=O)ccc34)Cc3ccc(C(F)(F)F)cc3)cc2)c1. The number of amides is 2. The minimum absolute atomic E-state index is 0.0548. The zero-order valence-electron chi connectivity index (χ0n) is 31.1. The molecule has 0 aliphatic heterocycles. The summed E-state index contributed by atoms with van der Waals surface area (Å²) < 4.78 is 45.8. The van der Waals surface area contributed by atoms with Gasteiger partial charge in [-0.25, -0.2) is 4.79 Å². The summed E-state index contributed by atoms with van der Waals surface area (Å²) in [5.41, 5.74) is 2.64. The smallest absolute Gasteiger partial charge is 0.416 e. The lowest BCUT2D eigenvalue weighted by Gasteiger charge is -2.24. The maximum absolute atomic E-state index is 13.9. The first-order chi connectivity index (χ1) is 27.9. The number of H-pyrrole nitrogens is 1. The molecule has 1 heterocycles. The summed E-state index contributed by atoms with van der Waals surface area (Å²) in [6.07, 6.45) is -6.20. The summed E-state index contributed by atoms with van der Waals surface area (Å²) >= 11 is 0. The molecule has 0 aliphatic carbocycles. The van der Waals surface area contributed by atoms with E-state index in [-0.39, 0.29) is 43.4 Å². The number of aliphatic hydroxyl groups is 1. The Morgan fingerprint density at radius 1 is 0.828 bits per heavy atom. The van der Waals surface area contributed by atoms with Crippen molar-refractivity contribution in [2.24, 2.45) is 0 Å². The number of benzene rings is 5. The number of aromatic hydroxyl groups is 1. The van der Waals surface area contributed by atoms with Gasteiger partial charge in [-0.1, -0.05) is 72.8 Å². The number of ether oxygens (including phenoxy) is 1. The third kappa shape index (κ3) is 10.6. The van der Waals surface area contributed by atoms with E-state index in [1.54, 1.807) is 59.5 Å². The van der Waals surface area contributed by atoms with Crippen molar-refractivity contribution in [3.63, 3.8) is 0 Å². The van der Waals surface area contributed by atoms with Crippen LogP contribution in [0.1, 0.15) is 62.3 Å². The number of halogens is 3. The fraction of sp³-hybridized carbons (Fsp3) is 0.205. The fourth-order valence-electron chi connectivity index (χ4n) is 6.57. The highest BCUT2D eigenvalue weighted by Crippen LogP contribution is 2.31. The molecule has 300 valence electrons. The number of phenolic OH excluding ortho intramolecular Hbond substituents is 1. The Morgan fingerprint density at radius 2 is 1.53 bits per heavy atom. The molecule has 0 radical (unpaired) electrons. The lowest BCUT2D eigenvalue weighted by atomic mass is 9.98. The summed E-state index contributed by atoms with van der Waals surface area (Å²) in [6.45, 7) is 0.974. The Hall–Kier alpha value is -6.64. The van der Waals surface area contributed by atoms with Crippen molar-refractivity contribution in [2.75, 3.05) is 19.6 Å². The molecule has 0 bridgehead atoms. The molecular formula is C44H41F3N4O7. The van der Waals surface area contributed by atoms with Crippen molar-refractivity contribution in [3.05, 3.63) is 177 Å². The maximum Gasteiger partial charge on any atom is 0.416 e. The monoisotopic (exact) mass is 794 g/mol. The van der Waals surface area contributed by atoms with Gasteiger partial charge in [0.15, 0.2) is 0 Å². The molecule has 0 aliphatic rings. The number of alkyl halides is 3. The first kappa shape index (κ1) is 41.0. The van der Waals surface area contributed by atoms with Crippen molar-refractivity contribution in [3.8, 4) is 11.5 Å². The largest absolute Gasteiger partial charge is 0.506 e. The molecule has 0 saturated carbocycles. The highest BCUT2D eigenvalue weighted by molar-refractivity contribution is 5.94. The molecule has 1 unspecified atom stereocenters. The van der Waals surface area contributed by atoms with E-state index < -0.39 is 35.5 Å². The second-order valence-corrected chi connectivity index (χ2v) is 13.6. The van der Waals surface area contributed by atoms with Gasteiger partial charge in [0, 0.05) is 36.7 Å². The van der Waals surface area contributed by atoms with Crippen LogP contribution < -0.4 is 20.9 Å². The molecule has 58 heavy (non-hydrogen) atoms. The van der Waals surface area contributed by atoms with Gasteiger partial charge >= 0.3 is 12.3 Å². The lowest BCUT2D eigenvalue weighted by molar-refractivity contribution is -0.137. The van der Waals surface area contributed by atoms with E-state index in [1.165, 1.54) is 30.3 Å². The number of carbonyl (C=O) groups excluding carboxylic acids is 1. The van der Waals surface area contributed by atoms with Gasteiger partial charge in [-0.2, -0.15) is 13.2 Å².